The predicted molar refractivity (Wildman–Crippen MR) is 127 cm³/mol. The second kappa shape index (κ2) is 10.0. The molecule has 0 unspecified atom stereocenters. The van der Waals surface area contributed by atoms with E-state index in [0.29, 0.717) is 23.1 Å². The van der Waals surface area contributed by atoms with Crippen LogP contribution in [0.15, 0.2) is 35.4 Å². The lowest BCUT2D eigenvalue weighted by atomic mass is 10.1. The number of fused-ring (bicyclic) bond motifs is 4. The van der Waals surface area contributed by atoms with Gasteiger partial charge in [-0.05, 0) is 25.0 Å². The molecular weight excluding hydrogens is 386 g/mol. The van der Waals surface area contributed by atoms with Gasteiger partial charge in [-0.2, -0.15) is 0 Å². The molecule has 6 nitrogen and oxygen atoms in total. The Bertz CT molecular complexity index is 1220. The molecular formula is C25H33N5O. The van der Waals surface area contributed by atoms with Gasteiger partial charge in [-0.15, -0.1) is 0 Å². The topological polar surface area (TPSA) is 65.6 Å². The fourth-order valence-electron chi connectivity index (χ4n) is 4.29. The molecule has 0 aliphatic heterocycles. The first-order valence-corrected chi connectivity index (χ1v) is 11.9. The maximum absolute atomic E-state index is 13.4. The lowest BCUT2D eigenvalue weighted by Crippen LogP contribution is -2.21. The summed E-state index contributed by atoms with van der Waals surface area (Å²) in [5.74, 6) is 0. The monoisotopic (exact) mass is 419 g/mol. The number of benzene rings is 1. The Morgan fingerprint density at radius 1 is 0.774 bits per heavy atom. The van der Waals surface area contributed by atoms with Gasteiger partial charge in [0.05, 0.1) is 17.4 Å². The molecule has 4 rings (SSSR count). The average Bonchev–Trinajstić information content (AvgIpc) is 3.09. The van der Waals surface area contributed by atoms with Crippen LogP contribution in [0.1, 0.15) is 71.6 Å². The fraction of sp³-hybridized carbons (Fsp3) is 0.520. The molecule has 0 saturated heterocycles. The Morgan fingerprint density at radius 2 is 1.42 bits per heavy atom. The normalized spacial score (nSPS) is 11.8. The summed E-state index contributed by atoms with van der Waals surface area (Å²) in [6.07, 6.45) is 12.2. The van der Waals surface area contributed by atoms with Crippen molar-refractivity contribution < 1.29 is 0 Å². The molecule has 6 heteroatoms. The van der Waals surface area contributed by atoms with E-state index >= 15 is 0 Å². The molecule has 0 spiro atoms. The maximum atomic E-state index is 13.4. The van der Waals surface area contributed by atoms with Gasteiger partial charge in [0.2, 0.25) is 0 Å². The summed E-state index contributed by atoms with van der Waals surface area (Å²) in [4.78, 5) is 27.9. The second-order valence-electron chi connectivity index (χ2n) is 8.45. The molecule has 164 valence electrons. The van der Waals surface area contributed by atoms with E-state index in [9.17, 15) is 4.79 Å². The molecule has 3 aromatic heterocycles. The average molecular weight is 420 g/mol. The number of rotatable bonds is 11. The lowest BCUT2D eigenvalue weighted by Gasteiger charge is -2.07. The number of hydrogen-bond acceptors (Lipinski definition) is 4. The van der Waals surface area contributed by atoms with Crippen LogP contribution in [-0.2, 0) is 13.1 Å². The van der Waals surface area contributed by atoms with Crippen LogP contribution >= 0.6 is 0 Å². The van der Waals surface area contributed by atoms with Gasteiger partial charge in [0.25, 0.3) is 5.56 Å². The van der Waals surface area contributed by atoms with Crippen LogP contribution in [0.4, 0.5) is 0 Å². The van der Waals surface area contributed by atoms with Gasteiger partial charge in [-0.25, -0.2) is 15.0 Å². The van der Waals surface area contributed by atoms with Crippen molar-refractivity contribution >= 4 is 33.2 Å². The first kappa shape index (κ1) is 21.5. The number of para-hydroxylation sites is 2. The molecule has 0 fully saturated rings. The number of aryl methyl sites for hydroxylation is 2. The number of hydrogen-bond donors (Lipinski definition) is 0. The first-order chi connectivity index (χ1) is 15.2. The van der Waals surface area contributed by atoms with Gasteiger partial charge in [0, 0.05) is 13.1 Å². The third kappa shape index (κ3) is 4.48. The van der Waals surface area contributed by atoms with E-state index in [1.807, 2.05) is 24.3 Å². The molecule has 0 atom stereocenters. The minimum atomic E-state index is 0.00220. The van der Waals surface area contributed by atoms with Crippen molar-refractivity contribution in [2.24, 2.45) is 0 Å². The summed E-state index contributed by atoms with van der Waals surface area (Å²) in [5, 5.41) is 0.611. The summed E-state index contributed by atoms with van der Waals surface area (Å²) in [6.45, 7) is 5.94. The molecule has 0 radical (unpaired) electrons. The highest BCUT2D eigenvalue weighted by Crippen LogP contribution is 2.25. The van der Waals surface area contributed by atoms with Crippen LogP contribution in [0.3, 0.4) is 0 Å². The van der Waals surface area contributed by atoms with Crippen LogP contribution in [0.2, 0.25) is 0 Å². The van der Waals surface area contributed by atoms with Gasteiger partial charge in [-0.1, -0.05) is 70.9 Å². The Kier molecular flexibility index (Phi) is 6.95. The molecule has 0 amide bonds. The molecule has 0 aliphatic carbocycles. The Labute approximate surface area is 183 Å². The molecule has 0 bridgehead atoms. The Morgan fingerprint density at radius 3 is 2.16 bits per heavy atom. The van der Waals surface area contributed by atoms with Crippen molar-refractivity contribution in [1.82, 2.24) is 24.1 Å². The number of unbranched alkanes of at least 4 members (excludes halogenated alkanes) is 7. The van der Waals surface area contributed by atoms with Crippen molar-refractivity contribution in [3.63, 3.8) is 0 Å². The zero-order valence-corrected chi connectivity index (χ0v) is 18.8. The van der Waals surface area contributed by atoms with Crippen molar-refractivity contribution in [2.75, 3.05) is 0 Å². The van der Waals surface area contributed by atoms with Crippen molar-refractivity contribution in [3.05, 3.63) is 40.9 Å². The van der Waals surface area contributed by atoms with Crippen LogP contribution in [0.25, 0.3) is 33.2 Å². The largest absolute Gasteiger partial charge is 0.308 e. The lowest BCUT2D eigenvalue weighted by molar-refractivity contribution is 0.554. The van der Waals surface area contributed by atoms with Crippen LogP contribution in [0, 0.1) is 0 Å². The molecule has 1 aromatic carbocycles. The second-order valence-corrected chi connectivity index (χ2v) is 8.45. The number of aromatic nitrogens is 5. The van der Waals surface area contributed by atoms with Crippen LogP contribution < -0.4 is 5.56 Å². The van der Waals surface area contributed by atoms with Gasteiger partial charge in [0.1, 0.15) is 10.9 Å². The summed E-state index contributed by atoms with van der Waals surface area (Å²) in [6, 6.07) is 7.86. The van der Waals surface area contributed by atoms with Crippen molar-refractivity contribution in [1.29, 1.82) is 0 Å². The third-order valence-corrected chi connectivity index (χ3v) is 6.06. The standard InChI is InChI=1S/C25H33N5O/c1-3-5-7-9-12-16-29-18-26-23-21(25(29)31)22-24(30(23)17-13-8-6-4-2)28-20-15-11-10-14-19(20)27-22/h10-11,14-15,18H,3-9,12-13,16-17H2,1-2H3. The van der Waals surface area contributed by atoms with Gasteiger partial charge in [-0.3, -0.25) is 9.36 Å². The molecule has 0 aliphatic rings. The highest BCUT2D eigenvalue weighted by atomic mass is 16.1. The SMILES string of the molecule is CCCCCCCn1cnc2c(c1=O)c1nc3ccccc3nc1n2CCCCCC. The van der Waals surface area contributed by atoms with Gasteiger partial charge >= 0.3 is 0 Å². The quantitative estimate of drug-likeness (QED) is 0.286. The zero-order chi connectivity index (χ0) is 21.6. The summed E-state index contributed by atoms with van der Waals surface area (Å²) in [7, 11) is 0. The van der Waals surface area contributed by atoms with Crippen LogP contribution in [0.5, 0.6) is 0 Å². The van der Waals surface area contributed by atoms with E-state index in [1.54, 1.807) is 10.9 Å². The highest BCUT2D eigenvalue weighted by molar-refractivity contribution is 6.04. The van der Waals surface area contributed by atoms with E-state index in [4.69, 9.17) is 15.0 Å². The third-order valence-electron chi connectivity index (χ3n) is 6.06. The molecule has 4 aromatic rings. The highest BCUT2D eigenvalue weighted by Gasteiger charge is 2.19. The van der Waals surface area contributed by atoms with Crippen molar-refractivity contribution in [3.8, 4) is 0 Å². The first-order valence-electron chi connectivity index (χ1n) is 11.9. The van der Waals surface area contributed by atoms with E-state index in [2.05, 4.69) is 18.4 Å². The maximum Gasteiger partial charge on any atom is 0.265 e. The Balaban J connectivity index is 1.77. The summed E-state index contributed by atoms with van der Waals surface area (Å²) < 4.78 is 3.86. The molecule has 31 heavy (non-hydrogen) atoms. The Hall–Kier alpha value is -2.76. The smallest absolute Gasteiger partial charge is 0.265 e. The van der Waals surface area contributed by atoms with E-state index in [1.165, 1.54) is 32.1 Å². The fourth-order valence-corrected chi connectivity index (χ4v) is 4.29. The zero-order valence-electron chi connectivity index (χ0n) is 18.8. The molecule has 0 saturated carbocycles. The van der Waals surface area contributed by atoms with E-state index in [0.717, 1.165) is 48.9 Å². The van der Waals surface area contributed by atoms with Gasteiger partial charge in [0.15, 0.2) is 11.3 Å². The minimum Gasteiger partial charge on any atom is -0.308 e. The predicted octanol–water partition coefficient (Wildman–Crippen LogP) is 5.85. The van der Waals surface area contributed by atoms with E-state index < -0.39 is 0 Å². The molecule has 3 heterocycles. The minimum absolute atomic E-state index is 0.00220. The number of nitrogens with zero attached hydrogens (tertiary/aromatic N) is 5. The summed E-state index contributed by atoms with van der Waals surface area (Å²) in [5.41, 5.74) is 3.84. The van der Waals surface area contributed by atoms with Gasteiger partial charge < -0.3 is 4.57 Å². The van der Waals surface area contributed by atoms with Crippen LogP contribution in [-0.4, -0.2) is 24.1 Å². The summed E-state index contributed by atoms with van der Waals surface area (Å²) >= 11 is 0. The van der Waals surface area contributed by atoms with Crippen molar-refractivity contribution in [2.45, 2.75) is 84.7 Å². The molecule has 0 N–H and O–H groups in total. The van der Waals surface area contributed by atoms with E-state index in [-0.39, 0.29) is 5.56 Å².